The van der Waals surface area contributed by atoms with Gasteiger partial charge in [0, 0.05) is 0 Å². The number of hydrogen-bond donors (Lipinski definition) is 2. The molecule has 1 atom stereocenters. The number of nitrogens with two attached hydrogens (primary N) is 1. The fourth-order valence-corrected chi connectivity index (χ4v) is 2.33. The average Bonchev–Trinajstić information content (AvgIpc) is 2.48. The minimum atomic E-state index is -0.571. The molecule has 5 heteroatoms. The van der Waals surface area contributed by atoms with Gasteiger partial charge in [-0.15, -0.1) is 0 Å². The van der Waals surface area contributed by atoms with Gasteiger partial charge in [-0.2, -0.15) is 0 Å². The van der Waals surface area contributed by atoms with Gasteiger partial charge in [-0.1, -0.05) is 66.3 Å². The van der Waals surface area contributed by atoms with E-state index in [-0.39, 0.29) is 10.9 Å². The van der Waals surface area contributed by atoms with E-state index in [0.717, 1.165) is 5.56 Å². The van der Waals surface area contributed by atoms with Crippen molar-refractivity contribution in [2.75, 3.05) is 5.32 Å². The topological polar surface area (TPSA) is 55.1 Å². The van der Waals surface area contributed by atoms with E-state index in [9.17, 15) is 4.79 Å². The molecule has 0 aliphatic heterocycles. The number of hydrogen-bond acceptors (Lipinski definition) is 2. The molecule has 0 aliphatic carbocycles. The van der Waals surface area contributed by atoms with Crippen LogP contribution in [0.1, 0.15) is 5.56 Å². The molecule has 0 saturated carbocycles. The number of nitrogens with one attached hydrogen (secondary N) is 1. The van der Waals surface area contributed by atoms with E-state index in [0.29, 0.717) is 17.1 Å². The third-order valence-electron chi connectivity index (χ3n) is 3.07. The van der Waals surface area contributed by atoms with E-state index in [1.807, 2.05) is 30.3 Å². The van der Waals surface area contributed by atoms with Crippen LogP contribution in [-0.2, 0) is 11.2 Å². The lowest BCUT2D eigenvalue weighted by Gasteiger charge is -2.16. The van der Waals surface area contributed by atoms with Crippen molar-refractivity contribution in [1.29, 1.82) is 0 Å². The van der Waals surface area contributed by atoms with Gasteiger partial charge in [0.15, 0.2) is 0 Å². The highest BCUT2D eigenvalue weighted by Crippen LogP contribution is 2.22. The first-order valence-corrected chi connectivity index (χ1v) is 7.25. The first-order valence-electron chi connectivity index (χ1n) is 6.46. The Labute approximate surface area is 134 Å². The number of thiocarbonyl (C=S) groups is 1. The molecule has 2 aromatic carbocycles. The molecular formula is C16H15ClN2OS. The summed E-state index contributed by atoms with van der Waals surface area (Å²) in [6, 6.07) is 16.7. The second kappa shape index (κ2) is 7.20. The van der Waals surface area contributed by atoms with Gasteiger partial charge in [-0.05, 0) is 24.1 Å². The summed E-state index contributed by atoms with van der Waals surface area (Å²) >= 11 is 11.1. The molecule has 0 radical (unpaired) electrons. The zero-order valence-electron chi connectivity index (χ0n) is 11.3. The Morgan fingerprint density at radius 3 is 2.38 bits per heavy atom. The highest BCUT2D eigenvalue weighted by molar-refractivity contribution is 7.80. The number of carbonyl (C=O) groups excluding carboxylic acids is 1. The van der Waals surface area contributed by atoms with Crippen LogP contribution in [0.2, 0.25) is 5.02 Å². The number of anilines is 1. The summed E-state index contributed by atoms with van der Waals surface area (Å²) in [5, 5.41) is 3.25. The van der Waals surface area contributed by atoms with Crippen molar-refractivity contribution in [3.05, 3.63) is 65.2 Å². The Balaban J connectivity index is 2.13. The maximum atomic E-state index is 12.4. The number of rotatable bonds is 5. The van der Waals surface area contributed by atoms with Crippen molar-refractivity contribution in [2.24, 2.45) is 11.7 Å². The SMILES string of the molecule is NC(=S)C(Cc1ccccc1)C(=O)Nc1ccccc1Cl. The van der Waals surface area contributed by atoms with Crippen molar-refractivity contribution in [2.45, 2.75) is 6.42 Å². The van der Waals surface area contributed by atoms with E-state index >= 15 is 0 Å². The molecule has 21 heavy (non-hydrogen) atoms. The summed E-state index contributed by atoms with van der Waals surface area (Å²) in [7, 11) is 0. The Morgan fingerprint density at radius 1 is 1.14 bits per heavy atom. The van der Waals surface area contributed by atoms with Gasteiger partial charge in [0.2, 0.25) is 5.91 Å². The number of amides is 1. The molecule has 3 N–H and O–H groups in total. The van der Waals surface area contributed by atoms with E-state index in [2.05, 4.69) is 5.32 Å². The van der Waals surface area contributed by atoms with Crippen LogP contribution in [0.3, 0.4) is 0 Å². The van der Waals surface area contributed by atoms with Gasteiger partial charge in [0.25, 0.3) is 0 Å². The third-order valence-corrected chi connectivity index (χ3v) is 3.69. The standard InChI is InChI=1S/C16H15ClN2OS/c17-13-8-4-5-9-14(13)19-16(20)12(15(18)21)10-11-6-2-1-3-7-11/h1-9,12H,10H2,(H2,18,21)(H,19,20). The molecule has 1 amide bonds. The van der Waals surface area contributed by atoms with Crippen LogP contribution in [0.15, 0.2) is 54.6 Å². The minimum absolute atomic E-state index is 0.170. The molecule has 2 rings (SSSR count). The maximum absolute atomic E-state index is 12.4. The Hall–Kier alpha value is -1.91. The van der Waals surface area contributed by atoms with Crippen LogP contribution < -0.4 is 11.1 Å². The molecule has 0 fully saturated rings. The second-order valence-electron chi connectivity index (χ2n) is 4.61. The molecule has 0 spiro atoms. The first kappa shape index (κ1) is 15.5. The van der Waals surface area contributed by atoms with Crippen molar-refractivity contribution >= 4 is 40.4 Å². The van der Waals surface area contributed by atoms with Gasteiger partial charge in [-0.3, -0.25) is 4.79 Å². The van der Waals surface area contributed by atoms with Gasteiger partial charge in [0.1, 0.15) is 0 Å². The lowest BCUT2D eigenvalue weighted by molar-refractivity contribution is -0.118. The molecule has 0 bridgehead atoms. The normalized spacial score (nSPS) is 11.7. The predicted octanol–water partition coefficient (Wildman–Crippen LogP) is 3.42. The molecule has 0 heterocycles. The van der Waals surface area contributed by atoms with Crippen LogP contribution in [0, 0.1) is 5.92 Å². The zero-order valence-corrected chi connectivity index (χ0v) is 12.8. The molecular weight excluding hydrogens is 304 g/mol. The zero-order chi connectivity index (χ0) is 15.2. The molecule has 0 saturated heterocycles. The molecule has 108 valence electrons. The third kappa shape index (κ3) is 4.28. The number of halogens is 1. The lowest BCUT2D eigenvalue weighted by Crippen LogP contribution is -2.34. The lowest BCUT2D eigenvalue weighted by atomic mass is 9.98. The largest absolute Gasteiger partial charge is 0.393 e. The summed E-state index contributed by atoms with van der Waals surface area (Å²) in [5.74, 6) is -0.821. The number of para-hydroxylation sites is 1. The quantitative estimate of drug-likeness (QED) is 0.830. The summed E-state index contributed by atoms with van der Waals surface area (Å²) in [5.41, 5.74) is 7.27. The smallest absolute Gasteiger partial charge is 0.234 e. The predicted molar refractivity (Wildman–Crippen MR) is 90.5 cm³/mol. The van der Waals surface area contributed by atoms with Crippen molar-refractivity contribution in [3.8, 4) is 0 Å². The van der Waals surface area contributed by atoms with Crippen LogP contribution in [0.4, 0.5) is 5.69 Å². The highest BCUT2D eigenvalue weighted by Gasteiger charge is 2.22. The molecule has 1 unspecified atom stereocenters. The summed E-state index contributed by atoms with van der Waals surface area (Å²) in [6.45, 7) is 0. The second-order valence-corrected chi connectivity index (χ2v) is 5.49. The molecule has 3 nitrogen and oxygen atoms in total. The summed E-state index contributed by atoms with van der Waals surface area (Å²) in [4.78, 5) is 12.5. The monoisotopic (exact) mass is 318 g/mol. The minimum Gasteiger partial charge on any atom is -0.393 e. The van der Waals surface area contributed by atoms with E-state index in [4.69, 9.17) is 29.6 Å². The van der Waals surface area contributed by atoms with E-state index < -0.39 is 5.92 Å². The summed E-state index contributed by atoms with van der Waals surface area (Å²) in [6.07, 6.45) is 0.465. The molecule has 2 aromatic rings. The van der Waals surface area contributed by atoms with Crippen LogP contribution in [-0.4, -0.2) is 10.9 Å². The van der Waals surface area contributed by atoms with Crippen molar-refractivity contribution in [3.63, 3.8) is 0 Å². The van der Waals surface area contributed by atoms with E-state index in [1.54, 1.807) is 24.3 Å². The van der Waals surface area contributed by atoms with Crippen LogP contribution in [0.25, 0.3) is 0 Å². The van der Waals surface area contributed by atoms with Gasteiger partial charge < -0.3 is 11.1 Å². The number of carbonyl (C=O) groups is 1. The van der Waals surface area contributed by atoms with Gasteiger partial charge >= 0.3 is 0 Å². The van der Waals surface area contributed by atoms with Crippen molar-refractivity contribution < 1.29 is 4.79 Å². The highest BCUT2D eigenvalue weighted by atomic mass is 35.5. The maximum Gasteiger partial charge on any atom is 0.234 e. The Bertz CT molecular complexity index is 646. The Morgan fingerprint density at radius 2 is 1.76 bits per heavy atom. The fourth-order valence-electron chi connectivity index (χ4n) is 1.95. The van der Waals surface area contributed by atoms with Gasteiger partial charge in [0.05, 0.1) is 21.6 Å². The summed E-state index contributed by atoms with van der Waals surface area (Å²) < 4.78 is 0. The van der Waals surface area contributed by atoms with Crippen molar-refractivity contribution in [1.82, 2.24) is 0 Å². The molecule has 0 aliphatic rings. The Kier molecular flexibility index (Phi) is 5.31. The average molecular weight is 319 g/mol. The van der Waals surface area contributed by atoms with E-state index in [1.165, 1.54) is 0 Å². The van der Waals surface area contributed by atoms with Crippen LogP contribution >= 0.6 is 23.8 Å². The fraction of sp³-hybridized carbons (Fsp3) is 0.125. The van der Waals surface area contributed by atoms with Crippen LogP contribution in [0.5, 0.6) is 0 Å². The van der Waals surface area contributed by atoms with Gasteiger partial charge in [-0.25, -0.2) is 0 Å². The number of benzene rings is 2. The first-order chi connectivity index (χ1) is 10.1. The molecule has 0 aromatic heterocycles.